The molecule has 1 aromatic carbocycles. The summed E-state index contributed by atoms with van der Waals surface area (Å²) in [5.41, 5.74) is 1.53. The number of anilines is 1. The number of nitrogens with one attached hydrogen (secondary N) is 2. The van der Waals surface area contributed by atoms with Crippen LogP contribution in [-0.4, -0.2) is 49.3 Å². The Morgan fingerprint density at radius 3 is 2.57 bits per heavy atom. The lowest BCUT2D eigenvalue weighted by atomic mass is 9.99. The predicted octanol–water partition coefficient (Wildman–Crippen LogP) is 2.85. The minimum absolute atomic E-state index is 0.0326. The minimum Gasteiger partial charge on any atom is -0.462 e. The van der Waals surface area contributed by atoms with Gasteiger partial charge in [-0.2, -0.15) is 4.31 Å². The maximum Gasteiger partial charge on any atom is 0.341 e. The van der Waals surface area contributed by atoms with E-state index in [2.05, 4.69) is 10.3 Å². The number of para-hydroxylation sites is 1. The number of piperidine rings is 1. The van der Waals surface area contributed by atoms with Gasteiger partial charge < -0.3 is 15.0 Å². The lowest BCUT2D eigenvalue weighted by Gasteiger charge is -2.31. The molecule has 1 aliphatic heterocycles. The first-order chi connectivity index (χ1) is 14.3. The molecule has 0 bridgehead atoms. The molecule has 2 aromatic rings. The Labute approximate surface area is 176 Å². The van der Waals surface area contributed by atoms with Crippen LogP contribution in [0.1, 0.15) is 41.5 Å². The highest BCUT2D eigenvalue weighted by molar-refractivity contribution is 7.89. The van der Waals surface area contributed by atoms with Gasteiger partial charge in [-0.25, -0.2) is 13.2 Å². The van der Waals surface area contributed by atoms with Gasteiger partial charge in [-0.05, 0) is 45.7 Å². The number of esters is 1. The van der Waals surface area contributed by atoms with Crippen LogP contribution >= 0.6 is 0 Å². The van der Waals surface area contributed by atoms with Crippen molar-refractivity contribution in [1.29, 1.82) is 0 Å². The Bertz CT molecular complexity index is 1030. The van der Waals surface area contributed by atoms with E-state index in [-0.39, 0.29) is 29.5 Å². The van der Waals surface area contributed by atoms with Crippen molar-refractivity contribution >= 4 is 27.6 Å². The summed E-state index contributed by atoms with van der Waals surface area (Å²) in [6.07, 6.45) is 1.16. The fraction of sp³-hybridized carbons (Fsp3) is 0.429. The maximum absolute atomic E-state index is 13.4. The first-order valence-corrected chi connectivity index (χ1v) is 11.4. The normalized spacial score (nSPS) is 17.5. The van der Waals surface area contributed by atoms with E-state index in [0.29, 0.717) is 36.5 Å². The number of amides is 1. The molecule has 2 N–H and O–H groups in total. The van der Waals surface area contributed by atoms with Gasteiger partial charge >= 0.3 is 5.97 Å². The van der Waals surface area contributed by atoms with Gasteiger partial charge in [0.05, 0.1) is 12.5 Å². The second-order valence-electron chi connectivity index (χ2n) is 7.36. The number of aromatic amines is 1. The average molecular weight is 434 g/mol. The lowest BCUT2D eigenvalue weighted by molar-refractivity contribution is -0.120. The molecule has 1 aromatic heterocycles. The van der Waals surface area contributed by atoms with Crippen molar-refractivity contribution in [2.75, 3.05) is 25.0 Å². The highest BCUT2D eigenvalue weighted by Crippen LogP contribution is 2.30. The van der Waals surface area contributed by atoms with Crippen LogP contribution in [-0.2, 0) is 19.6 Å². The zero-order valence-electron chi connectivity index (χ0n) is 17.4. The summed E-state index contributed by atoms with van der Waals surface area (Å²) in [5.74, 6) is -1.36. The third-order valence-corrected chi connectivity index (χ3v) is 7.23. The number of H-pyrrole nitrogens is 1. The lowest BCUT2D eigenvalue weighted by Crippen LogP contribution is -2.44. The molecule has 3 rings (SSSR count). The van der Waals surface area contributed by atoms with E-state index >= 15 is 0 Å². The molecular formula is C21H27N3O5S. The molecule has 1 fully saturated rings. The molecule has 8 nitrogen and oxygen atoms in total. The number of nitrogens with zero attached hydrogens (tertiary/aromatic N) is 1. The number of carbonyl (C=O) groups is 2. The number of benzene rings is 1. The smallest absolute Gasteiger partial charge is 0.341 e. The van der Waals surface area contributed by atoms with Crippen molar-refractivity contribution in [2.24, 2.45) is 5.92 Å². The van der Waals surface area contributed by atoms with Crippen LogP contribution < -0.4 is 5.32 Å². The fourth-order valence-corrected chi connectivity index (χ4v) is 5.74. The van der Waals surface area contributed by atoms with E-state index < -0.39 is 21.9 Å². The molecule has 1 amide bonds. The Balaban J connectivity index is 1.85. The second-order valence-corrected chi connectivity index (χ2v) is 9.23. The summed E-state index contributed by atoms with van der Waals surface area (Å²) >= 11 is 0. The van der Waals surface area contributed by atoms with Gasteiger partial charge in [-0.1, -0.05) is 18.2 Å². The Morgan fingerprint density at radius 1 is 1.20 bits per heavy atom. The van der Waals surface area contributed by atoms with Crippen LogP contribution in [0.3, 0.4) is 0 Å². The number of aryl methyl sites for hydroxylation is 2. The Hall–Kier alpha value is -2.65. The summed E-state index contributed by atoms with van der Waals surface area (Å²) in [6, 6.07) is 9.06. The third-order valence-electron chi connectivity index (χ3n) is 5.19. The van der Waals surface area contributed by atoms with Gasteiger partial charge in [0.15, 0.2) is 0 Å². The zero-order valence-corrected chi connectivity index (χ0v) is 18.2. The van der Waals surface area contributed by atoms with Gasteiger partial charge in [0.25, 0.3) is 0 Å². The number of ether oxygens (including phenoxy) is 1. The molecule has 1 saturated heterocycles. The summed E-state index contributed by atoms with van der Waals surface area (Å²) in [5, 5.41) is 2.84. The predicted molar refractivity (Wildman–Crippen MR) is 113 cm³/mol. The van der Waals surface area contributed by atoms with E-state index in [0.717, 1.165) is 0 Å². The maximum atomic E-state index is 13.4. The molecule has 2 heterocycles. The SMILES string of the molecule is CCOC(=O)c1c(C)[nH]c(C)c1S(=O)(=O)N1CCC[C@@H](C(=O)Nc2ccccc2)C1. The second kappa shape index (κ2) is 9.01. The first-order valence-electron chi connectivity index (χ1n) is 9.98. The third kappa shape index (κ3) is 4.41. The number of carbonyl (C=O) groups excluding carboxylic acids is 2. The van der Waals surface area contributed by atoms with E-state index in [1.165, 1.54) is 4.31 Å². The number of rotatable bonds is 6. The fourth-order valence-electron chi connectivity index (χ4n) is 3.80. The molecule has 0 unspecified atom stereocenters. The highest BCUT2D eigenvalue weighted by Gasteiger charge is 2.38. The Morgan fingerprint density at radius 2 is 1.90 bits per heavy atom. The van der Waals surface area contributed by atoms with Crippen LogP contribution in [0, 0.1) is 19.8 Å². The number of sulfonamides is 1. The summed E-state index contributed by atoms with van der Waals surface area (Å²) in [4.78, 5) is 28.0. The van der Waals surface area contributed by atoms with Gasteiger partial charge in [0.2, 0.25) is 15.9 Å². The van der Waals surface area contributed by atoms with Crippen LogP contribution in [0.5, 0.6) is 0 Å². The molecule has 0 saturated carbocycles. The zero-order chi connectivity index (χ0) is 21.9. The number of hydrogen-bond donors (Lipinski definition) is 2. The van der Waals surface area contributed by atoms with Crippen molar-refractivity contribution in [2.45, 2.75) is 38.5 Å². The standard InChI is InChI=1S/C21H27N3O5S/c1-4-29-21(26)18-14(2)22-15(3)19(18)30(27,28)24-12-8-9-16(13-24)20(25)23-17-10-6-5-7-11-17/h5-7,10-11,16,22H,4,8-9,12-13H2,1-3H3,(H,23,25)/t16-/m1/s1. The molecule has 1 aliphatic rings. The van der Waals surface area contributed by atoms with Crippen molar-refractivity contribution in [3.8, 4) is 0 Å². The molecule has 0 aliphatic carbocycles. The van der Waals surface area contributed by atoms with Crippen molar-refractivity contribution in [3.05, 3.63) is 47.3 Å². The minimum atomic E-state index is -3.98. The van der Waals surface area contributed by atoms with Gasteiger partial charge in [0, 0.05) is 30.2 Å². The summed E-state index contributed by atoms with van der Waals surface area (Å²) < 4.78 is 33.2. The van der Waals surface area contributed by atoms with Crippen molar-refractivity contribution in [3.63, 3.8) is 0 Å². The Kier molecular flexibility index (Phi) is 6.62. The van der Waals surface area contributed by atoms with Crippen LogP contribution in [0.4, 0.5) is 5.69 Å². The van der Waals surface area contributed by atoms with Crippen LogP contribution in [0.25, 0.3) is 0 Å². The largest absolute Gasteiger partial charge is 0.462 e. The van der Waals surface area contributed by atoms with Gasteiger partial charge in [-0.15, -0.1) is 0 Å². The topological polar surface area (TPSA) is 109 Å². The van der Waals surface area contributed by atoms with Gasteiger partial charge in [-0.3, -0.25) is 4.79 Å². The van der Waals surface area contributed by atoms with Crippen LogP contribution in [0.2, 0.25) is 0 Å². The molecule has 9 heteroatoms. The monoisotopic (exact) mass is 433 g/mol. The van der Waals surface area contributed by atoms with Crippen LogP contribution in [0.15, 0.2) is 35.2 Å². The number of hydrogen-bond acceptors (Lipinski definition) is 5. The van der Waals surface area contributed by atoms with Crippen molar-refractivity contribution < 1.29 is 22.7 Å². The highest BCUT2D eigenvalue weighted by atomic mass is 32.2. The van der Waals surface area contributed by atoms with E-state index in [4.69, 9.17) is 4.74 Å². The molecule has 0 radical (unpaired) electrons. The molecule has 1 atom stereocenters. The summed E-state index contributed by atoms with van der Waals surface area (Å²) in [7, 11) is -3.98. The molecule has 30 heavy (non-hydrogen) atoms. The van der Waals surface area contributed by atoms with E-state index in [1.54, 1.807) is 32.9 Å². The van der Waals surface area contributed by atoms with E-state index in [9.17, 15) is 18.0 Å². The molecule has 0 spiro atoms. The summed E-state index contributed by atoms with van der Waals surface area (Å²) in [6.45, 7) is 5.43. The number of aromatic nitrogens is 1. The van der Waals surface area contributed by atoms with E-state index in [1.807, 2.05) is 18.2 Å². The van der Waals surface area contributed by atoms with Gasteiger partial charge in [0.1, 0.15) is 10.5 Å². The van der Waals surface area contributed by atoms with Crippen molar-refractivity contribution in [1.82, 2.24) is 9.29 Å². The molecular weight excluding hydrogens is 406 g/mol. The average Bonchev–Trinajstić information content (AvgIpc) is 3.03. The first kappa shape index (κ1) is 22.0. The molecule has 162 valence electrons. The quantitative estimate of drug-likeness (QED) is 0.681.